The van der Waals surface area contributed by atoms with Gasteiger partial charge in [0.1, 0.15) is 17.3 Å². The number of aliphatic hydroxyl groups is 1. The van der Waals surface area contributed by atoms with Crippen LogP contribution >= 0.6 is 0 Å². The molecule has 1 aliphatic heterocycles. The van der Waals surface area contributed by atoms with E-state index in [2.05, 4.69) is 34.6 Å². The van der Waals surface area contributed by atoms with Gasteiger partial charge in [-0.3, -0.25) is 4.79 Å². The normalized spacial score (nSPS) is 48.7. The lowest BCUT2D eigenvalue weighted by molar-refractivity contribution is -0.210. The van der Waals surface area contributed by atoms with Crippen molar-refractivity contribution in [2.75, 3.05) is 6.61 Å². The van der Waals surface area contributed by atoms with E-state index in [1.54, 1.807) is 0 Å². The van der Waals surface area contributed by atoms with E-state index in [1.807, 2.05) is 13.8 Å². The molecule has 5 nitrogen and oxygen atoms in total. The summed E-state index contributed by atoms with van der Waals surface area (Å²) in [7, 11) is 0. The van der Waals surface area contributed by atoms with Gasteiger partial charge >= 0.3 is 5.97 Å². The summed E-state index contributed by atoms with van der Waals surface area (Å²) >= 11 is 0. The average Bonchev–Trinajstić information content (AvgIpc) is 3.00. The van der Waals surface area contributed by atoms with Crippen molar-refractivity contribution in [3.63, 3.8) is 0 Å². The first-order valence-corrected chi connectivity index (χ1v) is 11.9. The number of hydrogen-bond donors (Lipinski definition) is 1. The minimum Gasteiger partial charge on any atom is -0.465 e. The summed E-state index contributed by atoms with van der Waals surface area (Å²) in [5.41, 5.74) is -1.52. The fourth-order valence-electron chi connectivity index (χ4n) is 8.62. The van der Waals surface area contributed by atoms with Crippen LogP contribution in [0.2, 0.25) is 0 Å². The molecule has 30 heavy (non-hydrogen) atoms. The third-order valence-electron chi connectivity index (χ3n) is 9.41. The van der Waals surface area contributed by atoms with E-state index in [4.69, 9.17) is 14.2 Å². The van der Waals surface area contributed by atoms with E-state index >= 15 is 0 Å². The van der Waals surface area contributed by atoms with Crippen molar-refractivity contribution in [1.82, 2.24) is 0 Å². The first-order valence-electron chi connectivity index (χ1n) is 11.9. The predicted molar refractivity (Wildman–Crippen MR) is 115 cm³/mol. The molecule has 0 spiro atoms. The van der Waals surface area contributed by atoms with Crippen molar-refractivity contribution in [2.24, 2.45) is 34.5 Å². The summed E-state index contributed by atoms with van der Waals surface area (Å²) in [6, 6.07) is 0. The van der Waals surface area contributed by atoms with Crippen molar-refractivity contribution >= 4 is 5.97 Å². The first-order chi connectivity index (χ1) is 13.7. The second kappa shape index (κ2) is 6.68. The van der Waals surface area contributed by atoms with Crippen molar-refractivity contribution < 1.29 is 24.1 Å². The second-order valence-electron chi connectivity index (χ2n) is 12.3. The molecule has 4 rings (SSSR count). The number of esters is 1. The van der Waals surface area contributed by atoms with Crippen molar-refractivity contribution in [3.05, 3.63) is 0 Å². The molecule has 0 aromatic rings. The van der Waals surface area contributed by atoms with Crippen LogP contribution in [0.25, 0.3) is 0 Å². The van der Waals surface area contributed by atoms with Gasteiger partial charge < -0.3 is 19.3 Å². The third kappa shape index (κ3) is 2.87. The smallest absolute Gasteiger partial charge is 0.302 e. The maximum absolute atomic E-state index is 12.7. The van der Waals surface area contributed by atoms with Crippen LogP contribution in [0.3, 0.4) is 0 Å². The Morgan fingerprint density at radius 1 is 1.13 bits per heavy atom. The zero-order chi connectivity index (χ0) is 22.3. The summed E-state index contributed by atoms with van der Waals surface area (Å²) in [6.07, 6.45) is 4.82. The van der Waals surface area contributed by atoms with Crippen LogP contribution in [0, 0.1) is 34.5 Å². The van der Waals surface area contributed by atoms with Crippen LogP contribution < -0.4 is 0 Å². The molecule has 1 N–H and O–H groups in total. The highest BCUT2D eigenvalue weighted by Gasteiger charge is 2.77. The molecule has 3 saturated carbocycles. The van der Waals surface area contributed by atoms with Gasteiger partial charge in [0, 0.05) is 12.8 Å². The Morgan fingerprint density at radius 2 is 1.80 bits per heavy atom. The van der Waals surface area contributed by atoms with Crippen molar-refractivity contribution in [2.45, 2.75) is 111 Å². The van der Waals surface area contributed by atoms with Gasteiger partial charge in [-0.15, -0.1) is 0 Å². The standard InChI is InChI=1S/C25H42O5/c1-15(2)24-13-10-18-23(8)12-9-11-21(4,5)19(23)17(14-28-16(3)26)25(18,27)20(24)29-22(6,7)30-24/h15,17-20,27H,9-14H2,1-8H3/t17-,18-,19+,20-,23-,24+,25-/m1/s1. The van der Waals surface area contributed by atoms with Crippen LogP contribution in [0.15, 0.2) is 0 Å². The second-order valence-corrected chi connectivity index (χ2v) is 12.3. The van der Waals surface area contributed by atoms with Gasteiger partial charge in [-0.25, -0.2) is 0 Å². The van der Waals surface area contributed by atoms with E-state index in [1.165, 1.54) is 13.3 Å². The maximum Gasteiger partial charge on any atom is 0.302 e. The monoisotopic (exact) mass is 422 g/mol. The number of hydrogen-bond acceptors (Lipinski definition) is 5. The molecule has 1 heterocycles. The first kappa shape index (κ1) is 22.5. The van der Waals surface area contributed by atoms with Crippen molar-refractivity contribution in [1.29, 1.82) is 0 Å². The molecule has 0 aromatic heterocycles. The Labute approximate surface area is 182 Å². The number of carbonyl (C=O) groups is 1. The van der Waals surface area contributed by atoms with Gasteiger partial charge in [-0.05, 0) is 68.1 Å². The predicted octanol–water partition coefficient (Wildman–Crippen LogP) is 4.70. The molecule has 7 atom stereocenters. The molecule has 0 amide bonds. The number of fused-ring (bicyclic) bond motifs is 5. The molecule has 5 heteroatoms. The number of carbonyl (C=O) groups excluding carboxylic acids is 1. The van der Waals surface area contributed by atoms with Gasteiger partial charge in [0.25, 0.3) is 0 Å². The molecule has 3 aliphatic carbocycles. The fourth-order valence-corrected chi connectivity index (χ4v) is 8.62. The largest absolute Gasteiger partial charge is 0.465 e. The lowest BCUT2D eigenvalue weighted by atomic mass is 9.53. The van der Waals surface area contributed by atoms with Crippen LogP contribution in [0.4, 0.5) is 0 Å². The average molecular weight is 423 g/mol. The van der Waals surface area contributed by atoms with Crippen molar-refractivity contribution in [3.8, 4) is 0 Å². The summed E-state index contributed by atoms with van der Waals surface area (Å²) in [5.74, 6) is -0.588. The Balaban J connectivity index is 1.87. The SMILES string of the molecule is CC(=O)OC[C@@H]1[C@H]2C(C)(C)CCC[C@]2(C)[C@H]2CC[C@@]3(C(C)C)OC(C)(C)O[C@H]3[C@@]12O. The number of rotatable bonds is 3. The van der Waals surface area contributed by atoms with E-state index in [0.29, 0.717) is 0 Å². The topological polar surface area (TPSA) is 65.0 Å². The molecule has 0 radical (unpaired) electrons. The molecular formula is C25H42O5. The van der Waals surface area contributed by atoms with Crippen LogP contribution in [0.1, 0.15) is 87.5 Å². The lowest BCUT2D eigenvalue weighted by Gasteiger charge is -2.54. The summed E-state index contributed by atoms with van der Waals surface area (Å²) in [4.78, 5) is 11.8. The molecule has 0 unspecified atom stereocenters. The van der Waals surface area contributed by atoms with E-state index in [9.17, 15) is 9.90 Å². The Bertz CT molecular complexity index is 714. The third-order valence-corrected chi connectivity index (χ3v) is 9.41. The molecular weight excluding hydrogens is 380 g/mol. The molecule has 0 bridgehead atoms. The van der Waals surface area contributed by atoms with Crippen LogP contribution in [0.5, 0.6) is 0 Å². The minimum atomic E-state index is -1.08. The van der Waals surface area contributed by atoms with Gasteiger partial charge in [0.15, 0.2) is 5.79 Å². The highest BCUT2D eigenvalue weighted by atomic mass is 16.8. The summed E-state index contributed by atoms with van der Waals surface area (Å²) in [5, 5.41) is 12.7. The number of ether oxygens (including phenoxy) is 3. The zero-order valence-corrected chi connectivity index (χ0v) is 20.2. The maximum atomic E-state index is 12.7. The Morgan fingerprint density at radius 3 is 2.40 bits per heavy atom. The van der Waals surface area contributed by atoms with E-state index in [0.717, 1.165) is 25.7 Å². The summed E-state index contributed by atoms with van der Waals surface area (Å²) in [6.45, 7) is 17.0. The van der Waals surface area contributed by atoms with Crippen LogP contribution in [-0.4, -0.2) is 40.8 Å². The highest BCUT2D eigenvalue weighted by molar-refractivity contribution is 5.65. The van der Waals surface area contributed by atoms with E-state index < -0.39 is 23.1 Å². The molecule has 4 aliphatic rings. The summed E-state index contributed by atoms with van der Waals surface area (Å²) < 4.78 is 18.8. The fraction of sp³-hybridized carbons (Fsp3) is 0.960. The quantitative estimate of drug-likeness (QED) is 0.668. The Hall–Kier alpha value is -0.650. The lowest BCUT2D eigenvalue weighted by Crippen LogP contribution is -2.66. The Kier molecular flexibility index (Phi) is 5.02. The van der Waals surface area contributed by atoms with Gasteiger partial charge in [-0.2, -0.15) is 0 Å². The molecule has 4 fully saturated rings. The zero-order valence-electron chi connectivity index (χ0n) is 20.2. The minimum absolute atomic E-state index is 0.000544. The van der Waals surface area contributed by atoms with Gasteiger partial charge in [0.2, 0.25) is 0 Å². The molecule has 172 valence electrons. The van der Waals surface area contributed by atoms with Gasteiger partial charge in [-0.1, -0.05) is 41.0 Å². The van der Waals surface area contributed by atoms with E-state index in [-0.39, 0.29) is 47.1 Å². The highest BCUT2D eigenvalue weighted by Crippen LogP contribution is 2.72. The van der Waals surface area contributed by atoms with Crippen LogP contribution in [-0.2, 0) is 19.0 Å². The molecule has 0 aromatic carbocycles. The molecule has 1 saturated heterocycles. The van der Waals surface area contributed by atoms with Gasteiger partial charge in [0.05, 0.1) is 6.61 Å².